The van der Waals surface area contributed by atoms with Gasteiger partial charge in [-0.25, -0.2) is 8.42 Å². The molecule has 1 aliphatic heterocycles. The smallest absolute Gasteiger partial charge is 0.244 e. The second-order valence-electron chi connectivity index (χ2n) is 9.48. The first-order valence-electron chi connectivity index (χ1n) is 11.4. The van der Waals surface area contributed by atoms with E-state index in [2.05, 4.69) is 5.32 Å². The summed E-state index contributed by atoms with van der Waals surface area (Å²) >= 11 is 0. The van der Waals surface area contributed by atoms with Crippen LogP contribution in [0.25, 0.3) is 0 Å². The van der Waals surface area contributed by atoms with Gasteiger partial charge >= 0.3 is 0 Å². The number of anilines is 1. The minimum Gasteiger partial charge on any atom is -0.454 e. The molecule has 0 radical (unpaired) electrons. The van der Waals surface area contributed by atoms with Crippen molar-refractivity contribution in [3.05, 3.63) is 54.1 Å². The number of carbonyl (C=O) groups excluding carboxylic acids is 2. The summed E-state index contributed by atoms with van der Waals surface area (Å²) in [6, 6.07) is 13.2. The summed E-state index contributed by atoms with van der Waals surface area (Å²) in [5, 5.41) is 2.94. The molecule has 1 N–H and O–H groups in total. The third kappa shape index (κ3) is 6.88. The quantitative estimate of drug-likeness (QED) is 0.564. The van der Waals surface area contributed by atoms with E-state index >= 15 is 0 Å². The van der Waals surface area contributed by atoms with E-state index in [1.807, 2.05) is 58.0 Å². The van der Waals surface area contributed by atoms with Gasteiger partial charge in [0.15, 0.2) is 11.5 Å². The molecule has 0 aliphatic carbocycles. The summed E-state index contributed by atoms with van der Waals surface area (Å²) in [7, 11) is -3.83. The average Bonchev–Trinajstić information content (AvgIpc) is 3.23. The number of ether oxygens (including phenoxy) is 2. The highest BCUT2D eigenvalue weighted by atomic mass is 32.2. The lowest BCUT2D eigenvalue weighted by atomic mass is 10.1. The van der Waals surface area contributed by atoms with Crippen LogP contribution in [0.4, 0.5) is 5.69 Å². The summed E-state index contributed by atoms with van der Waals surface area (Å²) in [4.78, 5) is 28.3. The molecule has 10 heteroatoms. The van der Waals surface area contributed by atoms with Gasteiger partial charge in [0.25, 0.3) is 0 Å². The number of amides is 2. The van der Waals surface area contributed by atoms with Crippen molar-refractivity contribution in [3.63, 3.8) is 0 Å². The van der Waals surface area contributed by atoms with E-state index in [0.29, 0.717) is 17.9 Å². The third-order valence-corrected chi connectivity index (χ3v) is 6.54. The second kappa shape index (κ2) is 10.6. The van der Waals surface area contributed by atoms with E-state index < -0.39 is 34.1 Å². The Morgan fingerprint density at radius 3 is 2.31 bits per heavy atom. The minimum absolute atomic E-state index is 0.0442. The van der Waals surface area contributed by atoms with Gasteiger partial charge in [-0.1, -0.05) is 37.3 Å². The van der Waals surface area contributed by atoms with Crippen LogP contribution in [0.1, 0.15) is 39.7 Å². The zero-order valence-corrected chi connectivity index (χ0v) is 21.6. The summed E-state index contributed by atoms with van der Waals surface area (Å²) in [5.74, 6) is 0.121. The largest absolute Gasteiger partial charge is 0.454 e. The fraction of sp³-hybridized carbons (Fsp3) is 0.440. The number of nitrogens with zero attached hydrogens (tertiary/aromatic N) is 2. The van der Waals surface area contributed by atoms with Crippen molar-refractivity contribution >= 4 is 27.5 Å². The van der Waals surface area contributed by atoms with Crippen LogP contribution in [0.3, 0.4) is 0 Å². The first-order chi connectivity index (χ1) is 16.4. The van der Waals surface area contributed by atoms with Crippen LogP contribution in [0, 0.1) is 0 Å². The zero-order valence-electron chi connectivity index (χ0n) is 20.8. The Hall–Kier alpha value is -3.27. The van der Waals surface area contributed by atoms with Crippen LogP contribution in [0.5, 0.6) is 11.5 Å². The van der Waals surface area contributed by atoms with Gasteiger partial charge in [-0.15, -0.1) is 0 Å². The topological polar surface area (TPSA) is 105 Å². The highest BCUT2D eigenvalue weighted by molar-refractivity contribution is 7.92. The molecule has 0 aromatic heterocycles. The molecule has 190 valence electrons. The summed E-state index contributed by atoms with van der Waals surface area (Å²) < 4.78 is 37.1. The number of hydrogen-bond acceptors (Lipinski definition) is 6. The summed E-state index contributed by atoms with van der Waals surface area (Å²) in [6.07, 6.45) is 1.40. The van der Waals surface area contributed by atoms with E-state index in [9.17, 15) is 18.0 Å². The molecular weight excluding hydrogens is 470 g/mol. The van der Waals surface area contributed by atoms with Crippen LogP contribution in [-0.2, 0) is 26.2 Å². The van der Waals surface area contributed by atoms with Gasteiger partial charge in [-0.3, -0.25) is 13.9 Å². The van der Waals surface area contributed by atoms with Crippen molar-refractivity contribution in [3.8, 4) is 11.5 Å². The van der Waals surface area contributed by atoms with Crippen molar-refractivity contribution in [2.24, 2.45) is 0 Å². The lowest BCUT2D eigenvalue weighted by Crippen LogP contribution is -2.55. The number of carbonyl (C=O) groups is 2. The van der Waals surface area contributed by atoms with Gasteiger partial charge < -0.3 is 19.7 Å². The van der Waals surface area contributed by atoms with Crippen LogP contribution >= 0.6 is 0 Å². The maximum atomic E-state index is 13.7. The number of benzene rings is 2. The third-order valence-electron chi connectivity index (χ3n) is 5.40. The van der Waals surface area contributed by atoms with Crippen molar-refractivity contribution in [2.45, 2.75) is 52.2 Å². The van der Waals surface area contributed by atoms with E-state index in [-0.39, 0.29) is 24.9 Å². The molecule has 9 nitrogen and oxygen atoms in total. The Labute approximate surface area is 207 Å². The molecule has 0 spiro atoms. The molecule has 0 saturated carbocycles. The maximum absolute atomic E-state index is 13.7. The number of sulfonamides is 1. The van der Waals surface area contributed by atoms with Crippen molar-refractivity contribution in [1.29, 1.82) is 0 Å². The predicted molar refractivity (Wildman–Crippen MR) is 134 cm³/mol. The standard InChI is InChI=1S/C25H33N3O6S/c1-6-20(24(30)26-25(2,3)4)27(15-18-10-8-7-9-11-18)23(29)16-28(35(5,31)32)19-12-13-21-22(14-19)34-17-33-21/h7-14,20H,6,15-17H2,1-5H3,(H,26,30)/t20-/m0/s1. The predicted octanol–water partition coefficient (Wildman–Crippen LogP) is 2.90. The maximum Gasteiger partial charge on any atom is 0.244 e. The van der Waals surface area contributed by atoms with E-state index in [4.69, 9.17) is 9.47 Å². The first kappa shape index (κ1) is 26.3. The number of nitrogens with one attached hydrogen (secondary N) is 1. The summed E-state index contributed by atoms with van der Waals surface area (Å²) in [6.45, 7) is 7.16. The highest BCUT2D eigenvalue weighted by Crippen LogP contribution is 2.36. The van der Waals surface area contributed by atoms with Gasteiger partial charge in [-0.2, -0.15) is 0 Å². The molecule has 0 bridgehead atoms. The Balaban J connectivity index is 1.94. The molecule has 2 amide bonds. The number of rotatable bonds is 9. The Kier molecular flexibility index (Phi) is 7.94. The molecule has 2 aromatic rings. The first-order valence-corrected chi connectivity index (χ1v) is 13.3. The Morgan fingerprint density at radius 2 is 1.71 bits per heavy atom. The van der Waals surface area contributed by atoms with E-state index in [0.717, 1.165) is 16.1 Å². The monoisotopic (exact) mass is 503 g/mol. The fourth-order valence-corrected chi connectivity index (χ4v) is 4.65. The molecular formula is C25H33N3O6S. The molecule has 35 heavy (non-hydrogen) atoms. The Bertz CT molecular complexity index is 1160. The molecule has 0 unspecified atom stereocenters. The SMILES string of the molecule is CC[C@@H](C(=O)NC(C)(C)C)N(Cc1ccccc1)C(=O)CN(c1ccc2c(c1)OCO2)S(C)(=O)=O. The van der Waals surface area contributed by atoms with Gasteiger partial charge in [0.1, 0.15) is 12.6 Å². The molecule has 2 aromatic carbocycles. The second-order valence-corrected chi connectivity index (χ2v) is 11.4. The van der Waals surface area contributed by atoms with Gasteiger partial charge in [0.2, 0.25) is 28.6 Å². The highest BCUT2D eigenvalue weighted by Gasteiger charge is 2.33. The van der Waals surface area contributed by atoms with E-state index in [1.165, 1.54) is 11.0 Å². The van der Waals surface area contributed by atoms with Crippen LogP contribution < -0.4 is 19.1 Å². The van der Waals surface area contributed by atoms with Crippen LogP contribution in [0.2, 0.25) is 0 Å². The molecule has 1 heterocycles. The van der Waals surface area contributed by atoms with Crippen molar-refractivity contribution in [1.82, 2.24) is 10.2 Å². The molecule has 1 aliphatic rings. The average molecular weight is 504 g/mol. The lowest BCUT2D eigenvalue weighted by Gasteiger charge is -2.34. The van der Waals surface area contributed by atoms with Gasteiger partial charge in [0.05, 0.1) is 11.9 Å². The molecule has 0 saturated heterocycles. The number of fused-ring (bicyclic) bond motifs is 1. The van der Waals surface area contributed by atoms with E-state index in [1.54, 1.807) is 12.1 Å². The fourth-order valence-electron chi connectivity index (χ4n) is 3.81. The van der Waals surface area contributed by atoms with Gasteiger partial charge in [0, 0.05) is 18.2 Å². The van der Waals surface area contributed by atoms with Crippen LogP contribution in [0.15, 0.2) is 48.5 Å². The zero-order chi connectivity index (χ0) is 25.8. The van der Waals surface area contributed by atoms with Gasteiger partial charge in [-0.05, 0) is 44.9 Å². The Morgan fingerprint density at radius 1 is 1.06 bits per heavy atom. The number of hydrogen-bond donors (Lipinski definition) is 1. The minimum atomic E-state index is -3.83. The molecule has 0 fully saturated rings. The van der Waals surface area contributed by atoms with Crippen molar-refractivity contribution < 1.29 is 27.5 Å². The molecule has 3 rings (SSSR count). The normalized spacial score (nSPS) is 13.7. The molecule has 1 atom stereocenters. The lowest BCUT2D eigenvalue weighted by molar-refractivity contribution is -0.141. The van der Waals surface area contributed by atoms with Crippen LogP contribution in [-0.4, -0.2) is 56.3 Å². The van der Waals surface area contributed by atoms with Crippen molar-refractivity contribution in [2.75, 3.05) is 23.9 Å². The summed E-state index contributed by atoms with van der Waals surface area (Å²) in [5.41, 5.74) is 0.617.